The van der Waals surface area contributed by atoms with Crippen molar-refractivity contribution in [2.75, 3.05) is 13.1 Å². The third-order valence-corrected chi connectivity index (χ3v) is 6.52. The van der Waals surface area contributed by atoms with Gasteiger partial charge in [-0.3, -0.25) is 4.79 Å². The zero-order valence-electron chi connectivity index (χ0n) is 15.3. The second-order valence-corrected chi connectivity index (χ2v) is 8.32. The molecule has 1 amide bonds. The summed E-state index contributed by atoms with van der Waals surface area (Å²) < 4.78 is 1.88. The Balaban J connectivity index is 1.44. The summed E-state index contributed by atoms with van der Waals surface area (Å²) in [4.78, 5) is 15.5. The quantitative estimate of drug-likeness (QED) is 0.823. The number of amides is 1. The van der Waals surface area contributed by atoms with Gasteiger partial charge in [0.05, 0.1) is 11.4 Å². The zero-order chi connectivity index (χ0) is 17.5. The second-order valence-electron chi connectivity index (χ2n) is 8.32. The maximum Gasteiger partial charge on any atom is 0.272 e. The van der Waals surface area contributed by atoms with Crippen molar-refractivity contribution in [3.8, 4) is 5.69 Å². The molecule has 3 fully saturated rings. The lowest BCUT2D eigenvalue weighted by molar-refractivity contribution is 0.0512. The Bertz CT molecular complexity index is 793. The number of para-hydroxylation sites is 1. The van der Waals surface area contributed by atoms with Crippen LogP contribution in [-0.4, -0.2) is 33.7 Å². The van der Waals surface area contributed by atoms with Crippen molar-refractivity contribution in [3.63, 3.8) is 0 Å². The van der Waals surface area contributed by atoms with E-state index in [1.54, 1.807) is 0 Å². The van der Waals surface area contributed by atoms with Crippen LogP contribution >= 0.6 is 0 Å². The van der Waals surface area contributed by atoms with Gasteiger partial charge in [0.15, 0.2) is 0 Å². The predicted molar refractivity (Wildman–Crippen MR) is 102 cm³/mol. The monoisotopic (exact) mass is 349 g/mol. The van der Waals surface area contributed by atoms with Crippen molar-refractivity contribution in [1.82, 2.24) is 14.7 Å². The second kappa shape index (κ2) is 6.57. The van der Waals surface area contributed by atoms with Crippen molar-refractivity contribution in [1.29, 1.82) is 0 Å². The topological polar surface area (TPSA) is 38.1 Å². The summed E-state index contributed by atoms with van der Waals surface area (Å²) in [5.41, 5.74) is 2.81. The van der Waals surface area contributed by atoms with Crippen LogP contribution in [0.1, 0.15) is 67.0 Å². The standard InChI is InChI=1S/C22H27N3O/c26-22(24-13-12-16-6-4-5-7-18(16)15-24)21-14-20(17-10-11-17)23-25(21)19-8-2-1-3-9-19/h1-3,8-9,14,16-18H,4-7,10-13,15H2/t16-,18+/m0/s1. The van der Waals surface area contributed by atoms with E-state index in [1.165, 1.54) is 44.9 Å². The molecule has 0 spiro atoms. The maximum absolute atomic E-state index is 13.4. The lowest BCUT2D eigenvalue weighted by atomic mass is 9.75. The van der Waals surface area contributed by atoms with Gasteiger partial charge in [0.25, 0.3) is 5.91 Å². The summed E-state index contributed by atoms with van der Waals surface area (Å²) in [6.07, 6.45) is 8.93. The lowest BCUT2D eigenvalue weighted by Crippen LogP contribution is -2.45. The predicted octanol–water partition coefficient (Wildman–Crippen LogP) is 4.40. The van der Waals surface area contributed by atoms with Crippen LogP contribution in [-0.2, 0) is 0 Å². The Morgan fingerprint density at radius 2 is 1.73 bits per heavy atom. The molecule has 4 nitrogen and oxygen atoms in total. The molecule has 136 valence electrons. The molecule has 0 N–H and O–H groups in total. The van der Waals surface area contributed by atoms with Crippen LogP contribution < -0.4 is 0 Å². The van der Waals surface area contributed by atoms with Gasteiger partial charge in [-0.25, -0.2) is 4.68 Å². The fourth-order valence-electron chi connectivity index (χ4n) is 4.84. The number of piperidine rings is 1. The summed E-state index contributed by atoms with van der Waals surface area (Å²) in [5, 5.41) is 4.81. The minimum absolute atomic E-state index is 0.164. The molecule has 26 heavy (non-hydrogen) atoms. The first kappa shape index (κ1) is 16.1. The van der Waals surface area contributed by atoms with E-state index >= 15 is 0 Å². The molecule has 2 atom stereocenters. The van der Waals surface area contributed by atoms with Gasteiger partial charge < -0.3 is 4.90 Å². The number of nitrogens with zero attached hydrogens (tertiary/aromatic N) is 3. The highest BCUT2D eigenvalue weighted by molar-refractivity contribution is 5.93. The van der Waals surface area contributed by atoms with E-state index in [2.05, 4.69) is 11.0 Å². The molecule has 2 saturated carbocycles. The molecule has 2 aromatic rings. The molecular formula is C22H27N3O. The van der Waals surface area contributed by atoms with E-state index in [-0.39, 0.29) is 5.91 Å². The Morgan fingerprint density at radius 3 is 2.50 bits per heavy atom. The van der Waals surface area contributed by atoms with Gasteiger partial charge in [-0.2, -0.15) is 5.10 Å². The Labute approximate surface area is 155 Å². The average molecular weight is 349 g/mol. The molecule has 4 heteroatoms. The third kappa shape index (κ3) is 2.95. The van der Waals surface area contributed by atoms with Crippen LogP contribution in [0.15, 0.2) is 36.4 Å². The largest absolute Gasteiger partial charge is 0.337 e. The van der Waals surface area contributed by atoms with Crippen molar-refractivity contribution >= 4 is 5.91 Å². The van der Waals surface area contributed by atoms with E-state index in [4.69, 9.17) is 5.10 Å². The number of rotatable bonds is 3. The number of aromatic nitrogens is 2. The van der Waals surface area contributed by atoms with Gasteiger partial charge in [-0.15, -0.1) is 0 Å². The highest BCUT2D eigenvalue weighted by atomic mass is 16.2. The first-order valence-corrected chi connectivity index (χ1v) is 10.2. The smallest absolute Gasteiger partial charge is 0.272 e. The van der Waals surface area contributed by atoms with Crippen LogP contribution in [0.5, 0.6) is 0 Å². The molecule has 1 saturated heterocycles. The van der Waals surface area contributed by atoms with Crippen LogP contribution in [0.4, 0.5) is 0 Å². The highest BCUT2D eigenvalue weighted by Gasteiger charge is 2.35. The van der Waals surface area contributed by atoms with E-state index in [0.29, 0.717) is 11.8 Å². The molecule has 0 unspecified atom stereocenters. The van der Waals surface area contributed by atoms with Crippen molar-refractivity contribution in [3.05, 3.63) is 47.8 Å². The van der Waals surface area contributed by atoms with Gasteiger partial charge >= 0.3 is 0 Å². The van der Waals surface area contributed by atoms with Gasteiger partial charge in [-0.1, -0.05) is 37.5 Å². The van der Waals surface area contributed by atoms with Crippen LogP contribution in [0.2, 0.25) is 0 Å². The highest BCUT2D eigenvalue weighted by Crippen LogP contribution is 2.40. The fourth-order valence-corrected chi connectivity index (χ4v) is 4.84. The average Bonchev–Trinajstić information content (AvgIpc) is 3.46. The van der Waals surface area contributed by atoms with Crippen LogP contribution in [0.3, 0.4) is 0 Å². The van der Waals surface area contributed by atoms with Crippen LogP contribution in [0, 0.1) is 11.8 Å². The van der Waals surface area contributed by atoms with Crippen LogP contribution in [0.25, 0.3) is 5.69 Å². The Kier molecular flexibility index (Phi) is 4.07. The lowest BCUT2D eigenvalue weighted by Gasteiger charge is -2.41. The maximum atomic E-state index is 13.4. The molecule has 1 aromatic carbocycles. The summed E-state index contributed by atoms with van der Waals surface area (Å²) >= 11 is 0. The van der Waals surface area contributed by atoms with Crippen molar-refractivity contribution in [2.45, 2.75) is 50.9 Å². The summed E-state index contributed by atoms with van der Waals surface area (Å²) in [7, 11) is 0. The minimum atomic E-state index is 0.164. The van der Waals surface area contributed by atoms with Gasteiger partial charge in [0.1, 0.15) is 5.69 Å². The number of benzene rings is 1. The van der Waals surface area contributed by atoms with E-state index in [9.17, 15) is 4.79 Å². The van der Waals surface area contributed by atoms with Gasteiger partial charge in [-0.05, 0) is 55.7 Å². The van der Waals surface area contributed by atoms with Crippen molar-refractivity contribution in [2.24, 2.45) is 11.8 Å². The number of likely N-dealkylation sites (tertiary alicyclic amines) is 1. The molecular weight excluding hydrogens is 322 g/mol. The van der Waals surface area contributed by atoms with E-state index < -0.39 is 0 Å². The minimum Gasteiger partial charge on any atom is -0.337 e. The molecule has 2 heterocycles. The molecule has 1 aliphatic heterocycles. The summed E-state index contributed by atoms with van der Waals surface area (Å²) in [5.74, 6) is 2.26. The number of hydrogen-bond donors (Lipinski definition) is 0. The summed E-state index contributed by atoms with van der Waals surface area (Å²) in [6, 6.07) is 12.1. The number of carbonyl (C=O) groups excluding carboxylic acids is 1. The molecule has 5 rings (SSSR count). The van der Waals surface area contributed by atoms with Crippen molar-refractivity contribution < 1.29 is 4.79 Å². The zero-order valence-corrected chi connectivity index (χ0v) is 15.3. The SMILES string of the molecule is O=C(c1cc(C2CC2)nn1-c1ccccc1)N1CC[C@@H]2CCCC[C@@H]2C1. The fraction of sp³-hybridized carbons (Fsp3) is 0.545. The Hall–Kier alpha value is -2.10. The molecule has 0 radical (unpaired) electrons. The normalized spacial score (nSPS) is 25.8. The summed E-state index contributed by atoms with van der Waals surface area (Å²) in [6.45, 7) is 1.83. The van der Waals surface area contributed by atoms with Gasteiger partial charge in [0.2, 0.25) is 0 Å². The van der Waals surface area contributed by atoms with Gasteiger partial charge in [0, 0.05) is 19.0 Å². The number of hydrogen-bond acceptors (Lipinski definition) is 2. The first-order valence-electron chi connectivity index (χ1n) is 10.2. The molecule has 1 aromatic heterocycles. The molecule has 0 bridgehead atoms. The third-order valence-electron chi connectivity index (χ3n) is 6.52. The van der Waals surface area contributed by atoms with E-state index in [0.717, 1.165) is 36.1 Å². The first-order chi connectivity index (χ1) is 12.8. The number of fused-ring (bicyclic) bond motifs is 1. The molecule has 3 aliphatic rings. The van der Waals surface area contributed by atoms with E-state index in [1.807, 2.05) is 35.0 Å². The Morgan fingerprint density at radius 1 is 0.962 bits per heavy atom. The molecule has 2 aliphatic carbocycles. The number of carbonyl (C=O) groups is 1.